The Morgan fingerprint density at radius 2 is 2.04 bits per heavy atom. The number of hydrogen-bond acceptors (Lipinski definition) is 4. The van der Waals surface area contributed by atoms with E-state index in [0.29, 0.717) is 19.6 Å². The lowest BCUT2D eigenvalue weighted by Crippen LogP contribution is -2.43. The van der Waals surface area contributed by atoms with Crippen LogP contribution in [-0.4, -0.2) is 54.2 Å². The van der Waals surface area contributed by atoms with Gasteiger partial charge in [-0.15, -0.1) is 0 Å². The second-order valence-electron chi connectivity index (χ2n) is 5.76. The van der Waals surface area contributed by atoms with Gasteiger partial charge in [0.1, 0.15) is 5.75 Å². The predicted octanol–water partition coefficient (Wildman–Crippen LogP) is 1.68. The molecular formula is C17H26N2O4. The smallest absolute Gasteiger partial charge is 0.317 e. The number of nitrogens with one attached hydrogen (secondary N) is 1. The van der Waals surface area contributed by atoms with Crippen molar-refractivity contribution in [2.24, 2.45) is 0 Å². The first kappa shape index (κ1) is 19.0. The van der Waals surface area contributed by atoms with Crippen LogP contribution in [0.3, 0.4) is 0 Å². The zero-order valence-corrected chi connectivity index (χ0v) is 14.0. The maximum absolute atomic E-state index is 11.8. The van der Waals surface area contributed by atoms with Crippen molar-refractivity contribution < 1.29 is 19.4 Å². The largest absolute Gasteiger partial charge is 0.494 e. The maximum atomic E-state index is 11.8. The number of ether oxygens (including phenoxy) is 1. The van der Waals surface area contributed by atoms with E-state index < -0.39 is 5.97 Å². The molecule has 0 saturated heterocycles. The number of aliphatic carboxylic acids is 1. The normalized spacial score (nSPS) is 10.8. The number of carboxylic acids is 1. The van der Waals surface area contributed by atoms with Crippen LogP contribution in [0.25, 0.3) is 0 Å². The molecule has 2 N–H and O–H groups in total. The van der Waals surface area contributed by atoms with E-state index in [1.54, 1.807) is 4.90 Å². The van der Waals surface area contributed by atoms with E-state index in [2.05, 4.69) is 5.32 Å². The molecule has 0 heterocycles. The van der Waals surface area contributed by atoms with E-state index in [1.807, 2.05) is 45.0 Å². The third kappa shape index (κ3) is 8.21. The topological polar surface area (TPSA) is 78.9 Å². The van der Waals surface area contributed by atoms with Gasteiger partial charge in [0, 0.05) is 12.6 Å². The third-order valence-corrected chi connectivity index (χ3v) is 3.32. The molecule has 0 saturated carbocycles. The van der Waals surface area contributed by atoms with E-state index in [1.165, 1.54) is 0 Å². The number of hydrogen-bond donors (Lipinski definition) is 2. The molecule has 0 aliphatic heterocycles. The fourth-order valence-corrected chi connectivity index (χ4v) is 2.03. The molecule has 0 radical (unpaired) electrons. The van der Waals surface area contributed by atoms with Gasteiger partial charge in [0.25, 0.3) is 0 Å². The van der Waals surface area contributed by atoms with Gasteiger partial charge in [-0.1, -0.05) is 12.1 Å². The van der Waals surface area contributed by atoms with Crippen LogP contribution in [0.4, 0.5) is 0 Å². The van der Waals surface area contributed by atoms with Crippen LogP contribution in [0.2, 0.25) is 0 Å². The lowest BCUT2D eigenvalue weighted by Gasteiger charge is -2.23. The Kier molecular flexibility index (Phi) is 8.11. The Balaban J connectivity index is 2.21. The first-order valence-electron chi connectivity index (χ1n) is 7.80. The number of rotatable bonds is 10. The van der Waals surface area contributed by atoms with Crippen LogP contribution in [0.5, 0.6) is 5.75 Å². The van der Waals surface area contributed by atoms with Gasteiger partial charge in [0.2, 0.25) is 5.91 Å². The van der Waals surface area contributed by atoms with Gasteiger partial charge >= 0.3 is 5.97 Å². The lowest BCUT2D eigenvalue weighted by atomic mass is 10.2. The monoisotopic (exact) mass is 322 g/mol. The molecule has 23 heavy (non-hydrogen) atoms. The summed E-state index contributed by atoms with van der Waals surface area (Å²) in [5.41, 5.74) is 1.14. The van der Waals surface area contributed by atoms with E-state index in [4.69, 9.17) is 9.84 Å². The number of benzene rings is 1. The van der Waals surface area contributed by atoms with Gasteiger partial charge in [-0.2, -0.15) is 0 Å². The molecular weight excluding hydrogens is 296 g/mol. The third-order valence-electron chi connectivity index (χ3n) is 3.32. The van der Waals surface area contributed by atoms with Crippen LogP contribution in [0.15, 0.2) is 24.3 Å². The molecule has 0 bridgehead atoms. The standard InChI is InChI=1S/C17H26N2O4/c1-13(2)19(12-17(21)22)11-16(20)18-8-5-9-23-15-7-4-6-14(3)10-15/h4,6-7,10,13H,5,8-9,11-12H2,1-3H3,(H,18,20)(H,21,22). The van der Waals surface area contributed by atoms with Crippen molar-refractivity contribution in [3.8, 4) is 5.75 Å². The van der Waals surface area contributed by atoms with Crippen LogP contribution >= 0.6 is 0 Å². The fourth-order valence-electron chi connectivity index (χ4n) is 2.03. The number of amides is 1. The molecule has 128 valence electrons. The Labute approximate surface area is 137 Å². The van der Waals surface area contributed by atoms with Crippen molar-refractivity contribution in [2.75, 3.05) is 26.2 Å². The van der Waals surface area contributed by atoms with Gasteiger partial charge in [-0.05, 0) is 44.9 Å². The minimum Gasteiger partial charge on any atom is -0.494 e. The highest BCUT2D eigenvalue weighted by Gasteiger charge is 2.16. The quantitative estimate of drug-likeness (QED) is 0.641. The zero-order valence-electron chi connectivity index (χ0n) is 14.0. The first-order chi connectivity index (χ1) is 10.9. The number of nitrogens with zero attached hydrogens (tertiary/aromatic N) is 1. The number of carbonyl (C=O) groups excluding carboxylic acids is 1. The maximum Gasteiger partial charge on any atom is 0.317 e. The predicted molar refractivity (Wildman–Crippen MR) is 88.6 cm³/mol. The lowest BCUT2D eigenvalue weighted by molar-refractivity contribution is -0.139. The van der Waals surface area contributed by atoms with E-state index >= 15 is 0 Å². The Hall–Kier alpha value is -2.08. The fraction of sp³-hybridized carbons (Fsp3) is 0.529. The van der Waals surface area contributed by atoms with Crippen molar-refractivity contribution in [3.05, 3.63) is 29.8 Å². The molecule has 0 aliphatic rings. The Bertz CT molecular complexity index is 517. The second-order valence-corrected chi connectivity index (χ2v) is 5.76. The summed E-state index contributed by atoms with van der Waals surface area (Å²) in [6.07, 6.45) is 0.695. The summed E-state index contributed by atoms with van der Waals surface area (Å²) in [5.74, 6) is -0.280. The van der Waals surface area contributed by atoms with Crippen molar-refractivity contribution in [1.82, 2.24) is 10.2 Å². The number of aryl methyl sites for hydroxylation is 1. The zero-order chi connectivity index (χ0) is 17.2. The molecule has 0 fully saturated rings. The summed E-state index contributed by atoms with van der Waals surface area (Å²) in [4.78, 5) is 24.2. The number of carbonyl (C=O) groups is 2. The van der Waals surface area contributed by atoms with Gasteiger partial charge < -0.3 is 15.2 Å². The van der Waals surface area contributed by atoms with E-state index in [-0.39, 0.29) is 25.0 Å². The average Bonchev–Trinajstić information content (AvgIpc) is 2.45. The highest BCUT2D eigenvalue weighted by atomic mass is 16.5. The molecule has 0 atom stereocenters. The van der Waals surface area contributed by atoms with Crippen molar-refractivity contribution in [3.63, 3.8) is 0 Å². The Morgan fingerprint density at radius 3 is 2.65 bits per heavy atom. The van der Waals surface area contributed by atoms with Crippen LogP contribution in [0, 0.1) is 6.92 Å². The molecule has 0 spiro atoms. The average molecular weight is 322 g/mol. The Morgan fingerprint density at radius 1 is 1.30 bits per heavy atom. The minimum atomic E-state index is -0.932. The van der Waals surface area contributed by atoms with Crippen molar-refractivity contribution in [1.29, 1.82) is 0 Å². The SMILES string of the molecule is Cc1cccc(OCCCNC(=O)CN(CC(=O)O)C(C)C)c1. The minimum absolute atomic E-state index is 0.00139. The molecule has 1 rings (SSSR count). The summed E-state index contributed by atoms with van der Waals surface area (Å²) in [6, 6.07) is 7.81. The molecule has 0 unspecified atom stereocenters. The van der Waals surface area contributed by atoms with Crippen LogP contribution < -0.4 is 10.1 Å². The van der Waals surface area contributed by atoms with Gasteiger partial charge in [0.15, 0.2) is 0 Å². The first-order valence-corrected chi connectivity index (χ1v) is 7.80. The van der Waals surface area contributed by atoms with Gasteiger partial charge in [-0.3, -0.25) is 14.5 Å². The van der Waals surface area contributed by atoms with Crippen LogP contribution in [0.1, 0.15) is 25.8 Å². The number of carboxylic acid groups (broad SMARTS) is 1. The highest BCUT2D eigenvalue weighted by Crippen LogP contribution is 2.12. The summed E-state index contributed by atoms with van der Waals surface area (Å²) in [6.45, 7) is 6.71. The summed E-state index contributed by atoms with van der Waals surface area (Å²) >= 11 is 0. The van der Waals surface area contributed by atoms with Gasteiger partial charge in [-0.25, -0.2) is 0 Å². The van der Waals surface area contributed by atoms with E-state index in [9.17, 15) is 9.59 Å². The molecule has 1 aromatic carbocycles. The molecule has 1 aromatic rings. The summed E-state index contributed by atoms with van der Waals surface area (Å²) < 4.78 is 5.60. The highest BCUT2D eigenvalue weighted by molar-refractivity contribution is 5.79. The van der Waals surface area contributed by atoms with Crippen molar-refractivity contribution in [2.45, 2.75) is 33.2 Å². The molecule has 6 nitrogen and oxygen atoms in total. The molecule has 1 amide bonds. The second kappa shape index (κ2) is 9.84. The summed E-state index contributed by atoms with van der Waals surface area (Å²) in [7, 11) is 0. The van der Waals surface area contributed by atoms with Crippen LogP contribution in [-0.2, 0) is 9.59 Å². The van der Waals surface area contributed by atoms with Gasteiger partial charge in [0.05, 0.1) is 19.7 Å². The summed E-state index contributed by atoms with van der Waals surface area (Å²) in [5, 5.41) is 11.6. The molecule has 6 heteroatoms. The van der Waals surface area contributed by atoms with Crippen molar-refractivity contribution >= 4 is 11.9 Å². The van der Waals surface area contributed by atoms with E-state index in [0.717, 1.165) is 11.3 Å². The molecule has 0 aromatic heterocycles. The molecule has 0 aliphatic carbocycles.